The smallest absolute Gasteiger partial charge is 0.407 e. The van der Waals surface area contributed by atoms with Gasteiger partial charge in [0.2, 0.25) is 5.91 Å². The van der Waals surface area contributed by atoms with E-state index in [0.717, 1.165) is 6.42 Å². The minimum atomic E-state index is -0.509. The predicted molar refractivity (Wildman–Crippen MR) is 112 cm³/mol. The highest BCUT2D eigenvalue weighted by atomic mass is 127. The molecule has 0 saturated carbocycles. The summed E-state index contributed by atoms with van der Waals surface area (Å²) < 4.78 is 5.14. The average Bonchev–Trinajstić information content (AvgIpc) is 2.47. The van der Waals surface area contributed by atoms with Gasteiger partial charge in [0.05, 0.1) is 0 Å². The lowest BCUT2D eigenvalue weighted by Gasteiger charge is -2.20. The Kier molecular flexibility index (Phi) is 14.5. The van der Waals surface area contributed by atoms with Gasteiger partial charge in [0, 0.05) is 39.1 Å². The Morgan fingerprint density at radius 2 is 1.64 bits per heavy atom. The molecule has 0 aromatic heterocycles. The van der Waals surface area contributed by atoms with Crippen molar-refractivity contribution in [3.63, 3.8) is 0 Å². The van der Waals surface area contributed by atoms with Gasteiger partial charge in [-0.2, -0.15) is 0 Å². The van der Waals surface area contributed by atoms with Gasteiger partial charge in [-0.3, -0.25) is 9.79 Å². The van der Waals surface area contributed by atoms with Crippen molar-refractivity contribution in [1.82, 2.24) is 21.3 Å². The highest BCUT2D eigenvalue weighted by Crippen LogP contribution is 2.05. The van der Waals surface area contributed by atoms with E-state index in [9.17, 15) is 9.59 Å². The molecule has 8 nitrogen and oxygen atoms in total. The van der Waals surface area contributed by atoms with Crippen molar-refractivity contribution >= 4 is 41.9 Å². The number of carbonyl (C=O) groups is 2. The van der Waals surface area contributed by atoms with Crippen molar-refractivity contribution in [2.75, 3.05) is 26.7 Å². The summed E-state index contributed by atoms with van der Waals surface area (Å²) in [7, 11) is 1.65. The lowest BCUT2D eigenvalue weighted by atomic mass is 10.2. The van der Waals surface area contributed by atoms with Crippen molar-refractivity contribution in [3.05, 3.63) is 0 Å². The molecule has 0 aromatic carbocycles. The van der Waals surface area contributed by atoms with Gasteiger partial charge in [0.1, 0.15) is 5.60 Å². The van der Waals surface area contributed by atoms with E-state index < -0.39 is 11.7 Å². The maximum Gasteiger partial charge on any atom is 0.407 e. The molecule has 0 saturated heterocycles. The second-order valence-electron chi connectivity index (χ2n) is 6.48. The summed E-state index contributed by atoms with van der Waals surface area (Å²) in [6.07, 6.45) is 0.836. The largest absolute Gasteiger partial charge is 0.444 e. The van der Waals surface area contributed by atoms with Crippen LogP contribution in [-0.2, 0) is 9.53 Å². The Bertz CT molecular complexity index is 424. The van der Waals surface area contributed by atoms with Gasteiger partial charge in [-0.1, -0.05) is 6.92 Å². The third-order valence-electron chi connectivity index (χ3n) is 2.97. The number of nitrogens with one attached hydrogen (secondary N) is 4. The zero-order valence-electron chi connectivity index (χ0n) is 16.2. The molecule has 1 unspecified atom stereocenters. The Balaban J connectivity index is 0. The van der Waals surface area contributed by atoms with E-state index in [1.54, 1.807) is 7.05 Å². The van der Waals surface area contributed by atoms with Crippen LogP contribution in [0.5, 0.6) is 0 Å². The molecule has 0 radical (unpaired) electrons. The molecular weight excluding hydrogens is 437 g/mol. The second kappa shape index (κ2) is 14.0. The number of alkyl carbamates (subject to hydrolysis) is 1. The molecule has 25 heavy (non-hydrogen) atoms. The van der Waals surface area contributed by atoms with E-state index in [0.29, 0.717) is 32.0 Å². The van der Waals surface area contributed by atoms with E-state index in [4.69, 9.17) is 4.74 Å². The van der Waals surface area contributed by atoms with Crippen molar-refractivity contribution in [1.29, 1.82) is 0 Å². The van der Waals surface area contributed by atoms with Gasteiger partial charge >= 0.3 is 6.09 Å². The number of aliphatic imine (C=N–C) groups is 1. The molecule has 0 rings (SSSR count). The summed E-state index contributed by atoms with van der Waals surface area (Å²) in [4.78, 5) is 27.2. The van der Waals surface area contributed by atoms with E-state index in [-0.39, 0.29) is 35.9 Å². The third kappa shape index (κ3) is 16.0. The van der Waals surface area contributed by atoms with Gasteiger partial charge in [0.25, 0.3) is 0 Å². The molecule has 0 heterocycles. The van der Waals surface area contributed by atoms with Gasteiger partial charge in [-0.15, -0.1) is 24.0 Å². The summed E-state index contributed by atoms with van der Waals surface area (Å²) in [5.41, 5.74) is -0.509. The van der Waals surface area contributed by atoms with Crippen LogP contribution in [0, 0.1) is 0 Å². The molecule has 0 spiro atoms. The van der Waals surface area contributed by atoms with Crippen LogP contribution in [0.1, 0.15) is 47.5 Å². The van der Waals surface area contributed by atoms with Gasteiger partial charge < -0.3 is 26.0 Å². The number of halogens is 1. The van der Waals surface area contributed by atoms with Crippen molar-refractivity contribution in [3.8, 4) is 0 Å². The molecule has 2 amide bonds. The Hall–Kier alpha value is -1.26. The number of nitrogens with zero attached hydrogens (tertiary/aromatic N) is 1. The fourth-order valence-corrected chi connectivity index (χ4v) is 1.62. The lowest BCUT2D eigenvalue weighted by molar-refractivity contribution is -0.121. The van der Waals surface area contributed by atoms with Crippen LogP contribution in [-0.4, -0.2) is 56.3 Å². The highest BCUT2D eigenvalue weighted by Gasteiger charge is 2.15. The summed E-state index contributed by atoms with van der Waals surface area (Å²) in [6, 6.07) is 0.189. The van der Waals surface area contributed by atoms with Crippen LogP contribution in [0.3, 0.4) is 0 Å². The zero-order valence-corrected chi connectivity index (χ0v) is 18.5. The maximum absolute atomic E-state index is 11.7. The van der Waals surface area contributed by atoms with Crippen LogP contribution < -0.4 is 21.3 Å². The molecule has 0 fully saturated rings. The third-order valence-corrected chi connectivity index (χ3v) is 2.97. The molecule has 148 valence electrons. The van der Waals surface area contributed by atoms with Crippen molar-refractivity contribution < 1.29 is 14.3 Å². The number of hydrogen-bond donors (Lipinski definition) is 4. The molecule has 0 bridgehead atoms. The number of carbonyl (C=O) groups excluding carboxylic acids is 2. The SMILES string of the molecule is CCC(C)NC(=O)CCNC(=NC)NCCNC(=O)OC(C)(C)C.I. The monoisotopic (exact) mass is 471 g/mol. The molecule has 0 aromatic rings. The maximum atomic E-state index is 11.7. The minimum Gasteiger partial charge on any atom is -0.444 e. The van der Waals surface area contributed by atoms with Crippen LogP contribution in [0.15, 0.2) is 4.99 Å². The van der Waals surface area contributed by atoms with Crippen LogP contribution in [0.25, 0.3) is 0 Å². The normalized spacial score (nSPS) is 12.5. The van der Waals surface area contributed by atoms with Crippen LogP contribution in [0.4, 0.5) is 4.79 Å². The van der Waals surface area contributed by atoms with Crippen LogP contribution >= 0.6 is 24.0 Å². The first-order valence-electron chi connectivity index (χ1n) is 8.38. The zero-order chi connectivity index (χ0) is 18.6. The molecule has 0 aliphatic rings. The number of rotatable bonds is 8. The fraction of sp³-hybridized carbons (Fsp3) is 0.812. The van der Waals surface area contributed by atoms with Gasteiger partial charge in [0.15, 0.2) is 5.96 Å². The number of guanidine groups is 1. The Morgan fingerprint density at radius 1 is 1.08 bits per heavy atom. The average molecular weight is 471 g/mol. The Labute approximate surface area is 168 Å². The minimum absolute atomic E-state index is 0. The van der Waals surface area contributed by atoms with Crippen LogP contribution in [0.2, 0.25) is 0 Å². The first-order chi connectivity index (χ1) is 11.2. The summed E-state index contributed by atoms with van der Waals surface area (Å²) in [5.74, 6) is 0.594. The number of hydrogen-bond acceptors (Lipinski definition) is 4. The summed E-state index contributed by atoms with van der Waals surface area (Å²) in [6.45, 7) is 10.8. The molecule has 0 aliphatic heterocycles. The highest BCUT2D eigenvalue weighted by molar-refractivity contribution is 14.0. The van der Waals surface area contributed by atoms with Gasteiger partial charge in [-0.25, -0.2) is 4.79 Å². The van der Waals surface area contributed by atoms with Gasteiger partial charge in [-0.05, 0) is 34.1 Å². The van der Waals surface area contributed by atoms with Crippen molar-refractivity contribution in [2.24, 2.45) is 4.99 Å². The predicted octanol–water partition coefficient (Wildman–Crippen LogP) is 1.60. The standard InChI is InChI=1S/C16H33N5O3.HI/c1-7-12(2)21-13(22)8-9-18-14(17-6)19-10-11-20-15(23)24-16(3,4)5;/h12H,7-11H2,1-6H3,(H,20,23)(H,21,22)(H2,17,18,19);1H. The molecule has 9 heteroatoms. The lowest BCUT2D eigenvalue weighted by Crippen LogP contribution is -2.43. The topological polar surface area (TPSA) is 104 Å². The first-order valence-corrected chi connectivity index (χ1v) is 8.38. The second-order valence-corrected chi connectivity index (χ2v) is 6.48. The molecule has 0 aliphatic carbocycles. The summed E-state index contributed by atoms with van der Waals surface area (Å²) >= 11 is 0. The van der Waals surface area contributed by atoms with E-state index >= 15 is 0 Å². The fourth-order valence-electron chi connectivity index (χ4n) is 1.62. The van der Waals surface area contributed by atoms with E-state index in [1.165, 1.54) is 0 Å². The number of amides is 2. The van der Waals surface area contributed by atoms with E-state index in [2.05, 4.69) is 26.3 Å². The first kappa shape index (κ1) is 26.0. The quantitative estimate of drug-likeness (QED) is 0.186. The summed E-state index contributed by atoms with van der Waals surface area (Å²) in [5, 5.41) is 11.7. The van der Waals surface area contributed by atoms with E-state index in [1.807, 2.05) is 34.6 Å². The molecular formula is C16H34IN5O3. The molecule has 1 atom stereocenters. The molecule has 4 N–H and O–H groups in total. The number of ether oxygens (including phenoxy) is 1. The van der Waals surface area contributed by atoms with Crippen molar-refractivity contribution in [2.45, 2.75) is 59.1 Å². The Morgan fingerprint density at radius 3 is 2.16 bits per heavy atom.